The van der Waals surface area contributed by atoms with E-state index in [4.69, 9.17) is 9.84 Å². The topological polar surface area (TPSA) is 117 Å². The van der Waals surface area contributed by atoms with Crippen molar-refractivity contribution in [3.63, 3.8) is 0 Å². The fraction of sp³-hybridized carbons (Fsp3) is 0.600. The van der Waals surface area contributed by atoms with Gasteiger partial charge in [0.25, 0.3) is 0 Å². The van der Waals surface area contributed by atoms with Crippen LogP contribution in [0, 0.1) is 0 Å². The van der Waals surface area contributed by atoms with Crippen LogP contribution in [0.1, 0.15) is 6.23 Å². The normalized spacial score (nSPS) is 31.6. The van der Waals surface area contributed by atoms with E-state index >= 15 is 0 Å². The van der Waals surface area contributed by atoms with Gasteiger partial charge < -0.3 is 25.4 Å². The number of hydrogen-bond donors (Lipinski definition) is 4. The first kappa shape index (κ1) is 13.0. The molecular formula is C10H15N3O5. The van der Waals surface area contributed by atoms with E-state index in [2.05, 4.69) is 10.3 Å². The lowest BCUT2D eigenvalue weighted by Gasteiger charge is -2.17. The smallest absolute Gasteiger partial charge is 0.351 e. The summed E-state index contributed by atoms with van der Waals surface area (Å²) in [6.07, 6.45) is -3.09. The maximum atomic E-state index is 11.7. The summed E-state index contributed by atoms with van der Waals surface area (Å²) in [6, 6.07) is 1.54. The number of anilines is 1. The lowest BCUT2D eigenvalue weighted by molar-refractivity contribution is -0.0549. The van der Waals surface area contributed by atoms with E-state index in [1.54, 1.807) is 7.05 Å². The molecule has 0 amide bonds. The fourth-order valence-corrected chi connectivity index (χ4v) is 1.86. The Hall–Kier alpha value is -1.48. The van der Waals surface area contributed by atoms with Crippen LogP contribution in [0.3, 0.4) is 0 Å². The number of ether oxygens (including phenoxy) is 1. The molecule has 1 fully saturated rings. The van der Waals surface area contributed by atoms with Crippen molar-refractivity contribution in [1.82, 2.24) is 9.55 Å². The van der Waals surface area contributed by atoms with Crippen molar-refractivity contribution in [2.45, 2.75) is 24.5 Å². The molecule has 1 aromatic rings. The summed E-state index contributed by atoms with van der Waals surface area (Å²) in [4.78, 5) is 15.4. The number of aromatic nitrogens is 2. The fourth-order valence-electron chi connectivity index (χ4n) is 1.86. The zero-order valence-electron chi connectivity index (χ0n) is 9.72. The lowest BCUT2D eigenvalue weighted by Crippen LogP contribution is -2.36. The Morgan fingerprint density at radius 1 is 1.50 bits per heavy atom. The van der Waals surface area contributed by atoms with E-state index in [0.717, 1.165) is 4.57 Å². The second-order valence-corrected chi connectivity index (χ2v) is 3.98. The van der Waals surface area contributed by atoms with Crippen LogP contribution >= 0.6 is 0 Å². The van der Waals surface area contributed by atoms with Crippen LogP contribution in [-0.4, -0.2) is 56.8 Å². The number of aliphatic hydroxyl groups excluding tert-OH is 3. The number of hydrogen-bond acceptors (Lipinski definition) is 7. The number of nitrogens with zero attached hydrogens (tertiary/aromatic N) is 2. The maximum absolute atomic E-state index is 11.7. The first-order chi connectivity index (χ1) is 8.58. The van der Waals surface area contributed by atoms with Gasteiger partial charge in [0.2, 0.25) is 0 Å². The van der Waals surface area contributed by atoms with Crippen LogP contribution in [-0.2, 0) is 4.74 Å². The molecule has 18 heavy (non-hydrogen) atoms. The van der Waals surface area contributed by atoms with Gasteiger partial charge in [0.15, 0.2) is 6.23 Å². The first-order valence-corrected chi connectivity index (χ1v) is 5.48. The van der Waals surface area contributed by atoms with Crippen molar-refractivity contribution >= 4 is 5.82 Å². The molecule has 1 aliphatic heterocycles. The van der Waals surface area contributed by atoms with Crippen molar-refractivity contribution < 1.29 is 20.1 Å². The van der Waals surface area contributed by atoms with Crippen LogP contribution in [0.15, 0.2) is 17.1 Å². The van der Waals surface area contributed by atoms with E-state index in [0.29, 0.717) is 5.82 Å². The molecule has 2 heterocycles. The van der Waals surface area contributed by atoms with Crippen molar-refractivity contribution in [2.24, 2.45) is 0 Å². The maximum Gasteiger partial charge on any atom is 0.351 e. The summed E-state index contributed by atoms with van der Waals surface area (Å²) >= 11 is 0. The molecule has 1 aromatic heterocycles. The largest absolute Gasteiger partial charge is 0.394 e. The SMILES string of the molecule is CNc1ccn(C2OC(CO)[C@@H](O)[C@@H]2O)c(=O)n1. The predicted molar refractivity (Wildman–Crippen MR) is 61.1 cm³/mol. The third-order valence-corrected chi connectivity index (χ3v) is 2.88. The quantitative estimate of drug-likeness (QED) is 0.490. The lowest BCUT2D eigenvalue weighted by atomic mass is 10.1. The highest BCUT2D eigenvalue weighted by molar-refractivity contribution is 5.30. The molecule has 0 saturated carbocycles. The Bertz CT molecular complexity index is 477. The third-order valence-electron chi connectivity index (χ3n) is 2.88. The van der Waals surface area contributed by atoms with Gasteiger partial charge in [0, 0.05) is 13.2 Å². The Balaban J connectivity index is 2.30. The van der Waals surface area contributed by atoms with Gasteiger partial charge in [-0.05, 0) is 6.07 Å². The Labute approximate surface area is 102 Å². The van der Waals surface area contributed by atoms with Crippen molar-refractivity contribution in [3.8, 4) is 0 Å². The molecule has 100 valence electrons. The van der Waals surface area contributed by atoms with Crippen LogP contribution in [0.2, 0.25) is 0 Å². The highest BCUT2D eigenvalue weighted by Gasteiger charge is 2.43. The molecule has 0 aromatic carbocycles. The standard InChI is InChI=1S/C10H15N3O5/c1-11-6-2-3-13(10(17)12-6)9-8(16)7(15)5(4-14)18-9/h2-3,5,7-9,14-16H,4H2,1H3,(H,11,12,17)/t5?,7-,8+,9?/m1/s1. The zero-order valence-corrected chi connectivity index (χ0v) is 9.72. The van der Waals surface area contributed by atoms with E-state index in [1.807, 2.05) is 0 Å². The number of rotatable bonds is 3. The molecule has 1 saturated heterocycles. The van der Waals surface area contributed by atoms with Gasteiger partial charge in [-0.15, -0.1) is 0 Å². The average molecular weight is 257 g/mol. The monoisotopic (exact) mass is 257 g/mol. The van der Waals surface area contributed by atoms with Crippen LogP contribution < -0.4 is 11.0 Å². The van der Waals surface area contributed by atoms with Crippen molar-refractivity contribution in [2.75, 3.05) is 19.0 Å². The summed E-state index contributed by atoms with van der Waals surface area (Å²) in [6.45, 7) is -0.439. The van der Waals surface area contributed by atoms with Crippen molar-refractivity contribution in [1.29, 1.82) is 0 Å². The minimum Gasteiger partial charge on any atom is -0.394 e. The molecule has 4 atom stereocenters. The molecule has 1 aliphatic rings. The van der Waals surface area contributed by atoms with Gasteiger partial charge in [-0.2, -0.15) is 4.98 Å². The molecular weight excluding hydrogens is 242 g/mol. The second-order valence-electron chi connectivity index (χ2n) is 3.98. The Morgan fingerprint density at radius 3 is 2.72 bits per heavy atom. The van der Waals surface area contributed by atoms with Gasteiger partial charge >= 0.3 is 5.69 Å². The molecule has 0 spiro atoms. The molecule has 4 N–H and O–H groups in total. The summed E-state index contributed by atoms with van der Waals surface area (Å²) in [5.74, 6) is 0.392. The number of aliphatic hydroxyl groups is 3. The zero-order chi connectivity index (χ0) is 13.3. The molecule has 2 rings (SSSR count). The molecule has 2 unspecified atom stereocenters. The summed E-state index contributed by atoms with van der Waals surface area (Å²) in [5, 5.41) is 31.0. The average Bonchev–Trinajstić information content (AvgIpc) is 2.66. The van der Waals surface area contributed by atoms with Gasteiger partial charge in [-0.3, -0.25) is 4.57 Å². The first-order valence-electron chi connectivity index (χ1n) is 5.48. The van der Waals surface area contributed by atoms with Gasteiger partial charge in [-0.1, -0.05) is 0 Å². The Morgan fingerprint density at radius 2 is 2.22 bits per heavy atom. The third kappa shape index (κ3) is 2.10. The second kappa shape index (κ2) is 5.02. The summed E-state index contributed by atoms with van der Waals surface area (Å²) in [7, 11) is 1.62. The molecule has 8 nitrogen and oxygen atoms in total. The summed E-state index contributed by atoms with van der Waals surface area (Å²) in [5.41, 5.74) is -0.614. The molecule has 0 aliphatic carbocycles. The minimum atomic E-state index is -1.29. The van der Waals surface area contributed by atoms with Gasteiger partial charge in [-0.25, -0.2) is 4.79 Å². The van der Waals surface area contributed by atoms with Crippen LogP contribution in [0.5, 0.6) is 0 Å². The van der Waals surface area contributed by atoms with Crippen LogP contribution in [0.4, 0.5) is 5.82 Å². The molecule has 8 heteroatoms. The minimum absolute atomic E-state index is 0.392. The Kier molecular flexibility index (Phi) is 3.62. The van der Waals surface area contributed by atoms with Crippen LogP contribution in [0.25, 0.3) is 0 Å². The van der Waals surface area contributed by atoms with Crippen molar-refractivity contribution in [3.05, 3.63) is 22.7 Å². The van der Waals surface area contributed by atoms with Gasteiger partial charge in [0.05, 0.1) is 6.61 Å². The number of nitrogens with one attached hydrogen (secondary N) is 1. The highest BCUT2D eigenvalue weighted by Crippen LogP contribution is 2.27. The van der Waals surface area contributed by atoms with E-state index in [9.17, 15) is 15.0 Å². The summed E-state index contributed by atoms with van der Waals surface area (Å²) < 4.78 is 6.30. The van der Waals surface area contributed by atoms with E-state index < -0.39 is 36.8 Å². The van der Waals surface area contributed by atoms with Gasteiger partial charge in [0.1, 0.15) is 24.1 Å². The van der Waals surface area contributed by atoms with E-state index in [-0.39, 0.29) is 0 Å². The van der Waals surface area contributed by atoms with E-state index in [1.165, 1.54) is 12.3 Å². The highest BCUT2D eigenvalue weighted by atomic mass is 16.6. The molecule has 0 bridgehead atoms. The molecule has 0 radical (unpaired) electrons. The predicted octanol–water partition coefficient (Wildman–Crippen LogP) is -2.10.